The number of carbonyl (C=O) groups is 3. The van der Waals surface area contributed by atoms with Crippen molar-refractivity contribution in [2.75, 3.05) is 25.0 Å². The minimum atomic E-state index is -0.529. The first kappa shape index (κ1) is 24.7. The smallest absolute Gasteiger partial charge is 0.256 e. The number of allylic oxidation sites excluding steroid dienone is 1. The summed E-state index contributed by atoms with van der Waals surface area (Å²) >= 11 is 6.51. The summed E-state index contributed by atoms with van der Waals surface area (Å²) in [6, 6.07) is 15.8. The molecule has 2 atom stereocenters. The van der Waals surface area contributed by atoms with E-state index in [4.69, 9.17) is 11.6 Å². The molecule has 0 spiro atoms. The standard InChI is InChI=1S/C29H27ClN4O3/c1-17-7-8-20(14-22(17)27-21-6-4-3-5-19(21)9-10-32-27)33-28(36)24-13-18(2)23(15-25(24)30)29(37)34-12-11-31-26(35)16-34/h3-10,13-15,18,23H,11-12,16H2,1-2H3,(H,31,35)(H,33,36)/t18-,23?/m1/s1. The Balaban J connectivity index is 1.36. The van der Waals surface area contributed by atoms with Crippen molar-refractivity contribution in [3.8, 4) is 11.3 Å². The fourth-order valence-electron chi connectivity index (χ4n) is 4.85. The Morgan fingerprint density at radius 2 is 1.95 bits per heavy atom. The second-order valence-corrected chi connectivity index (χ2v) is 9.86. The average molecular weight is 515 g/mol. The fourth-order valence-corrected chi connectivity index (χ4v) is 5.14. The molecule has 5 rings (SSSR count). The number of carbonyl (C=O) groups excluding carboxylic acids is 3. The van der Waals surface area contributed by atoms with Gasteiger partial charge in [0.25, 0.3) is 5.91 Å². The van der Waals surface area contributed by atoms with Crippen molar-refractivity contribution in [2.45, 2.75) is 13.8 Å². The van der Waals surface area contributed by atoms with Gasteiger partial charge in [0.15, 0.2) is 0 Å². The number of amides is 3. The fraction of sp³-hybridized carbons (Fsp3) is 0.241. The summed E-state index contributed by atoms with van der Waals surface area (Å²) < 4.78 is 0. The van der Waals surface area contributed by atoms with E-state index in [2.05, 4.69) is 15.6 Å². The number of nitrogens with zero attached hydrogens (tertiary/aromatic N) is 2. The number of anilines is 1. The zero-order valence-electron chi connectivity index (χ0n) is 20.6. The van der Waals surface area contributed by atoms with Crippen LogP contribution >= 0.6 is 11.6 Å². The van der Waals surface area contributed by atoms with Gasteiger partial charge in [0.2, 0.25) is 11.8 Å². The quantitative estimate of drug-likeness (QED) is 0.539. The monoisotopic (exact) mass is 514 g/mol. The molecule has 0 bridgehead atoms. The average Bonchev–Trinajstić information content (AvgIpc) is 2.90. The number of aryl methyl sites for hydroxylation is 1. The van der Waals surface area contributed by atoms with Crippen molar-refractivity contribution >= 4 is 45.8 Å². The summed E-state index contributed by atoms with van der Waals surface area (Å²) in [4.78, 5) is 44.1. The van der Waals surface area contributed by atoms with Crippen molar-refractivity contribution in [2.24, 2.45) is 11.8 Å². The predicted molar refractivity (Wildman–Crippen MR) is 145 cm³/mol. The molecule has 1 aliphatic carbocycles. The van der Waals surface area contributed by atoms with Gasteiger partial charge in [-0.15, -0.1) is 0 Å². The van der Waals surface area contributed by atoms with E-state index in [1.54, 1.807) is 18.3 Å². The molecule has 3 aromatic rings. The number of rotatable bonds is 4. The lowest BCUT2D eigenvalue weighted by Gasteiger charge is -2.32. The number of benzene rings is 2. The molecule has 1 saturated heterocycles. The van der Waals surface area contributed by atoms with Crippen molar-refractivity contribution in [3.63, 3.8) is 0 Å². The van der Waals surface area contributed by atoms with Crippen LogP contribution in [0.2, 0.25) is 0 Å². The highest BCUT2D eigenvalue weighted by Crippen LogP contribution is 2.34. The Morgan fingerprint density at radius 3 is 2.76 bits per heavy atom. The normalized spacial score (nSPS) is 19.6. The van der Waals surface area contributed by atoms with Gasteiger partial charge in [0.1, 0.15) is 0 Å². The first-order chi connectivity index (χ1) is 17.8. The molecular formula is C29H27ClN4O3. The maximum absolute atomic E-state index is 13.2. The van der Waals surface area contributed by atoms with E-state index in [-0.39, 0.29) is 35.2 Å². The van der Waals surface area contributed by atoms with Crippen LogP contribution in [0, 0.1) is 18.8 Å². The van der Waals surface area contributed by atoms with E-state index in [1.165, 1.54) is 4.90 Å². The highest BCUT2D eigenvalue weighted by atomic mass is 35.5. The molecule has 0 radical (unpaired) electrons. The zero-order chi connectivity index (χ0) is 26.1. The first-order valence-electron chi connectivity index (χ1n) is 12.2. The second kappa shape index (κ2) is 10.2. The second-order valence-electron chi connectivity index (χ2n) is 9.45. The number of halogens is 1. The molecule has 8 heteroatoms. The van der Waals surface area contributed by atoms with Crippen LogP contribution in [0.3, 0.4) is 0 Å². The topological polar surface area (TPSA) is 91.4 Å². The summed E-state index contributed by atoms with van der Waals surface area (Å²) in [5.74, 6) is -1.48. The van der Waals surface area contributed by atoms with Crippen molar-refractivity contribution in [3.05, 3.63) is 83.0 Å². The molecule has 1 aliphatic heterocycles. The van der Waals surface area contributed by atoms with Crippen LogP contribution in [0.4, 0.5) is 5.69 Å². The lowest BCUT2D eigenvalue weighted by Crippen LogP contribution is -2.52. The van der Waals surface area contributed by atoms with Gasteiger partial charge in [-0.1, -0.05) is 61.0 Å². The number of piperazine rings is 1. The third-order valence-electron chi connectivity index (χ3n) is 6.88. The van der Waals surface area contributed by atoms with E-state index in [9.17, 15) is 14.4 Å². The van der Waals surface area contributed by atoms with Crippen molar-refractivity contribution in [1.29, 1.82) is 0 Å². The predicted octanol–water partition coefficient (Wildman–Crippen LogP) is 4.42. The largest absolute Gasteiger partial charge is 0.353 e. The Labute approximate surface area is 220 Å². The molecule has 2 heterocycles. The molecular weight excluding hydrogens is 488 g/mol. The lowest BCUT2D eigenvalue weighted by atomic mass is 9.85. The zero-order valence-corrected chi connectivity index (χ0v) is 21.4. The van der Waals surface area contributed by atoms with Gasteiger partial charge in [-0.3, -0.25) is 19.4 Å². The van der Waals surface area contributed by atoms with Crippen LogP contribution in [0.15, 0.2) is 77.5 Å². The van der Waals surface area contributed by atoms with Gasteiger partial charge >= 0.3 is 0 Å². The number of fused-ring (bicyclic) bond motifs is 1. The first-order valence-corrected chi connectivity index (χ1v) is 12.6. The van der Waals surface area contributed by atoms with Crippen LogP contribution < -0.4 is 10.6 Å². The van der Waals surface area contributed by atoms with E-state index < -0.39 is 5.92 Å². The maximum Gasteiger partial charge on any atom is 0.256 e. The van der Waals surface area contributed by atoms with Gasteiger partial charge in [-0.2, -0.15) is 0 Å². The number of nitrogens with one attached hydrogen (secondary N) is 2. The SMILES string of the molecule is Cc1ccc(NC(=O)C2=C[C@@H](C)C(C(=O)N3CCNC(=O)C3)C=C2Cl)cc1-c1nccc2ccccc12. The third kappa shape index (κ3) is 5.00. The number of hydrogen-bond donors (Lipinski definition) is 2. The van der Waals surface area contributed by atoms with Gasteiger partial charge in [0, 0.05) is 41.0 Å². The molecule has 2 N–H and O–H groups in total. The van der Waals surface area contributed by atoms with E-state index >= 15 is 0 Å². The lowest BCUT2D eigenvalue weighted by molar-refractivity contribution is -0.141. The van der Waals surface area contributed by atoms with Crippen molar-refractivity contribution < 1.29 is 14.4 Å². The van der Waals surface area contributed by atoms with Gasteiger partial charge in [-0.25, -0.2) is 0 Å². The summed E-state index contributed by atoms with van der Waals surface area (Å²) in [5.41, 5.74) is 3.76. The number of hydrogen-bond acceptors (Lipinski definition) is 4. The molecule has 188 valence electrons. The Hall–Kier alpha value is -3.97. The van der Waals surface area contributed by atoms with Crippen LogP contribution in [0.5, 0.6) is 0 Å². The molecule has 1 unspecified atom stereocenters. The molecule has 2 aliphatic rings. The molecule has 0 saturated carbocycles. The summed E-state index contributed by atoms with van der Waals surface area (Å²) in [7, 11) is 0. The molecule has 37 heavy (non-hydrogen) atoms. The molecule has 1 fully saturated rings. The summed E-state index contributed by atoms with van der Waals surface area (Å²) in [6.07, 6.45) is 5.14. The van der Waals surface area contributed by atoms with Crippen LogP contribution in [-0.2, 0) is 14.4 Å². The third-order valence-corrected chi connectivity index (χ3v) is 7.21. The summed E-state index contributed by atoms with van der Waals surface area (Å²) in [6.45, 7) is 4.80. The van der Waals surface area contributed by atoms with Crippen LogP contribution in [0.1, 0.15) is 12.5 Å². The number of pyridine rings is 1. The Morgan fingerprint density at radius 1 is 1.14 bits per heavy atom. The molecule has 1 aromatic heterocycles. The van der Waals surface area contributed by atoms with Crippen LogP contribution in [0.25, 0.3) is 22.0 Å². The molecule has 3 amide bonds. The molecule has 7 nitrogen and oxygen atoms in total. The number of aromatic nitrogens is 1. The highest BCUT2D eigenvalue weighted by molar-refractivity contribution is 6.36. The van der Waals surface area contributed by atoms with Gasteiger partial charge < -0.3 is 15.5 Å². The van der Waals surface area contributed by atoms with Gasteiger partial charge in [0.05, 0.1) is 23.7 Å². The minimum absolute atomic E-state index is 0.0336. The van der Waals surface area contributed by atoms with E-state index in [1.807, 2.05) is 62.4 Å². The Kier molecular flexibility index (Phi) is 6.80. The van der Waals surface area contributed by atoms with Gasteiger partial charge in [-0.05, 0) is 42.0 Å². The maximum atomic E-state index is 13.2. The minimum Gasteiger partial charge on any atom is -0.353 e. The van der Waals surface area contributed by atoms with E-state index in [0.717, 1.165) is 27.6 Å². The van der Waals surface area contributed by atoms with Crippen molar-refractivity contribution in [1.82, 2.24) is 15.2 Å². The summed E-state index contributed by atoms with van der Waals surface area (Å²) in [5, 5.41) is 8.02. The van der Waals surface area contributed by atoms with E-state index in [0.29, 0.717) is 24.4 Å². The highest BCUT2D eigenvalue weighted by Gasteiger charge is 2.33. The van der Waals surface area contributed by atoms with Crippen LogP contribution in [-0.4, -0.2) is 47.2 Å². The molecule has 2 aromatic carbocycles. The Bertz CT molecular complexity index is 1470.